The highest BCUT2D eigenvalue weighted by Gasteiger charge is 2.19. The summed E-state index contributed by atoms with van der Waals surface area (Å²) in [5, 5.41) is 9.20. The van der Waals surface area contributed by atoms with Gasteiger partial charge in [-0.1, -0.05) is 18.2 Å². The summed E-state index contributed by atoms with van der Waals surface area (Å²) in [7, 11) is -3.09. The van der Waals surface area contributed by atoms with Crippen LogP contribution in [0.5, 0.6) is 5.75 Å². The van der Waals surface area contributed by atoms with Gasteiger partial charge in [-0.2, -0.15) is 4.31 Å². The maximum absolute atomic E-state index is 11.3. The number of phenolic OH excluding ortho intramolecular Hbond substituents is 1. The van der Waals surface area contributed by atoms with Crippen LogP contribution >= 0.6 is 0 Å². The Labute approximate surface area is 101 Å². The number of phenols is 1. The van der Waals surface area contributed by atoms with Crippen molar-refractivity contribution in [2.45, 2.75) is 6.42 Å². The SMILES string of the molecule is CS(=O)(=O)N1CC=C(c2ccc(O)cc2)CC1. The van der Waals surface area contributed by atoms with Gasteiger partial charge >= 0.3 is 0 Å². The van der Waals surface area contributed by atoms with E-state index in [4.69, 9.17) is 0 Å². The Balaban J connectivity index is 2.16. The number of hydrogen-bond acceptors (Lipinski definition) is 3. The molecule has 0 amide bonds. The van der Waals surface area contributed by atoms with Crippen molar-refractivity contribution in [2.75, 3.05) is 19.3 Å². The monoisotopic (exact) mass is 253 g/mol. The Morgan fingerprint density at radius 2 is 1.88 bits per heavy atom. The smallest absolute Gasteiger partial charge is 0.211 e. The molecule has 1 N–H and O–H groups in total. The molecule has 92 valence electrons. The molecular formula is C12H15NO3S. The first-order chi connectivity index (χ1) is 7.97. The maximum atomic E-state index is 11.3. The first-order valence-corrected chi connectivity index (χ1v) is 7.25. The summed E-state index contributed by atoms with van der Waals surface area (Å²) in [5.74, 6) is 0.239. The lowest BCUT2D eigenvalue weighted by molar-refractivity contribution is 0.446. The molecule has 0 atom stereocenters. The minimum absolute atomic E-state index is 0.239. The number of nitrogens with zero attached hydrogens (tertiary/aromatic N) is 1. The normalized spacial score (nSPS) is 17.8. The summed E-state index contributed by atoms with van der Waals surface area (Å²) in [4.78, 5) is 0. The van der Waals surface area contributed by atoms with Gasteiger partial charge in [-0.25, -0.2) is 8.42 Å². The fraction of sp³-hybridized carbons (Fsp3) is 0.333. The minimum atomic E-state index is -3.09. The molecule has 0 saturated heterocycles. The lowest BCUT2D eigenvalue weighted by Gasteiger charge is -2.24. The van der Waals surface area contributed by atoms with Gasteiger partial charge in [0.2, 0.25) is 10.0 Å². The van der Waals surface area contributed by atoms with Gasteiger partial charge in [0.05, 0.1) is 6.26 Å². The van der Waals surface area contributed by atoms with E-state index < -0.39 is 10.0 Å². The zero-order valence-corrected chi connectivity index (χ0v) is 10.4. The summed E-state index contributed by atoms with van der Waals surface area (Å²) in [5.41, 5.74) is 2.17. The molecule has 0 fully saturated rings. The quantitative estimate of drug-likeness (QED) is 0.867. The van der Waals surface area contributed by atoms with Gasteiger partial charge in [-0.05, 0) is 29.7 Å². The van der Waals surface area contributed by atoms with Crippen molar-refractivity contribution in [1.29, 1.82) is 0 Å². The lowest BCUT2D eigenvalue weighted by atomic mass is 10.0. The van der Waals surface area contributed by atoms with E-state index >= 15 is 0 Å². The van der Waals surface area contributed by atoms with E-state index in [9.17, 15) is 13.5 Å². The highest BCUT2D eigenvalue weighted by Crippen LogP contribution is 2.24. The van der Waals surface area contributed by atoms with Crippen molar-refractivity contribution < 1.29 is 13.5 Å². The predicted molar refractivity (Wildman–Crippen MR) is 67.1 cm³/mol. The third-order valence-corrected chi connectivity index (χ3v) is 4.15. The van der Waals surface area contributed by atoms with E-state index in [1.54, 1.807) is 12.1 Å². The fourth-order valence-corrected chi connectivity index (χ4v) is 2.66. The molecule has 0 spiro atoms. The fourth-order valence-electron chi connectivity index (χ4n) is 1.89. The van der Waals surface area contributed by atoms with Gasteiger partial charge in [0.1, 0.15) is 5.75 Å². The Hall–Kier alpha value is -1.33. The average Bonchev–Trinajstić information content (AvgIpc) is 2.29. The second-order valence-electron chi connectivity index (χ2n) is 4.15. The van der Waals surface area contributed by atoms with Crippen molar-refractivity contribution in [1.82, 2.24) is 4.31 Å². The molecule has 1 heterocycles. The summed E-state index contributed by atoms with van der Waals surface area (Å²) < 4.78 is 24.1. The van der Waals surface area contributed by atoms with Crippen LogP contribution in [0.15, 0.2) is 30.3 Å². The predicted octanol–water partition coefficient (Wildman–Crippen LogP) is 1.44. The van der Waals surface area contributed by atoms with Gasteiger partial charge < -0.3 is 5.11 Å². The molecule has 4 nitrogen and oxygen atoms in total. The summed E-state index contributed by atoms with van der Waals surface area (Å²) in [6.07, 6.45) is 3.86. The molecule has 5 heteroatoms. The van der Waals surface area contributed by atoms with Crippen LogP contribution < -0.4 is 0 Å². The van der Waals surface area contributed by atoms with Crippen LogP contribution in [0.3, 0.4) is 0 Å². The molecule has 0 aliphatic carbocycles. The molecule has 0 aromatic heterocycles. The topological polar surface area (TPSA) is 57.6 Å². The second-order valence-corrected chi connectivity index (χ2v) is 6.13. The van der Waals surface area contributed by atoms with Crippen LogP contribution in [0.2, 0.25) is 0 Å². The Bertz CT molecular complexity index is 531. The maximum Gasteiger partial charge on any atom is 0.211 e. The molecule has 1 aromatic rings. The van der Waals surface area contributed by atoms with Crippen LogP contribution in [0.25, 0.3) is 5.57 Å². The molecule has 2 rings (SSSR count). The van der Waals surface area contributed by atoms with Crippen molar-refractivity contribution in [3.8, 4) is 5.75 Å². The second kappa shape index (κ2) is 4.50. The number of rotatable bonds is 2. The van der Waals surface area contributed by atoms with Crippen LogP contribution in [-0.2, 0) is 10.0 Å². The van der Waals surface area contributed by atoms with E-state index in [1.165, 1.54) is 10.6 Å². The zero-order chi connectivity index (χ0) is 12.5. The number of aromatic hydroxyl groups is 1. The highest BCUT2D eigenvalue weighted by atomic mass is 32.2. The molecule has 0 bridgehead atoms. The molecule has 1 aromatic carbocycles. The van der Waals surface area contributed by atoms with Crippen molar-refractivity contribution in [3.63, 3.8) is 0 Å². The summed E-state index contributed by atoms with van der Waals surface area (Å²) in [6.45, 7) is 0.945. The Morgan fingerprint density at radius 1 is 1.24 bits per heavy atom. The number of sulfonamides is 1. The van der Waals surface area contributed by atoms with Crippen LogP contribution in [-0.4, -0.2) is 37.2 Å². The molecule has 1 aliphatic heterocycles. The molecule has 0 radical (unpaired) electrons. The number of benzene rings is 1. The Kier molecular flexibility index (Phi) is 3.22. The minimum Gasteiger partial charge on any atom is -0.508 e. The van der Waals surface area contributed by atoms with Gasteiger partial charge in [0.15, 0.2) is 0 Å². The van der Waals surface area contributed by atoms with Crippen LogP contribution in [0, 0.1) is 0 Å². The van der Waals surface area contributed by atoms with E-state index in [0.717, 1.165) is 11.1 Å². The number of hydrogen-bond donors (Lipinski definition) is 1. The lowest BCUT2D eigenvalue weighted by Crippen LogP contribution is -2.33. The molecular weight excluding hydrogens is 238 g/mol. The third-order valence-electron chi connectivity index (χ3n) is 2.88. The van der Waals surface area contributed by atoms with Gasteiger partial charge in [-0.15, -0.1) is 0 Å². The zero-order valence-electron chi connectivity index (χ0n) is 9.63. The van der Waals surface area contributed by atoms with Crippen LogP contribution in [0.1, 0.15) is 12.0 Å². The van der Waals surface area contributed by atoms with Crippen molar-refractivity contribution in [2.24, 2.45) is 0 Å². The summed E-state index contributed by atoms with van der Waals surface area (Å²) >= 11 is 0. The first-order valence-electron chi connectivity index (χ1n) is 5.40. The highest BCUT2D eigenvalue weighted by molar-refractivity contribution is 7.88. The van der Waals surface area contributed by atoms with Gasteiger partial charge in [-0.3, -0.25) is 0 Å². The van der Waals surface area contributed by atoms with Crippen molar-refractivity contribution >= 4 is 15.6 Å². The van der Waals surface area contributed by atoms with E-state index in [1.807, 2.05) is 18.2 Å². The van der Waals surface area contributed by atoms with Gasteiger partial charge in [0.25, 0.3) is 0 Å². The Morgan fingerprint density at radius 3 is 2.35 bits per heavy atom. The standard InChI is InChI=1S/C12H15NO3S/c1-17(15,16)13-8-6-11(7-9-13)10-2-4-12(14)5-3-10/h2-6,14H,7-9H2,1H3. The van der Waals surface area contributed by atoms with E-state index in [0.29, 0.717) is 19.5 Å². The van der Waals surface area contributed by atoms with E-state index in [2.05, 4.69) is 0 Å². The van der Waals surface area contributed by atoms with E-state index in [-0.39, 0.29) is 5.75 Å². The molecule has 0 unspecified atom stereocenters. The third kappa shape index (κ3) is 2.87. The largest absolute Gasteiger partial charge is 0.508 e. The average molecular weight is 253 g/mol. The molecule has 0 saturated carbocycles. The van der Waals surface area contributed by atoms with Gasteiger partial charge in [0, 0.05) is 13.1 Å². The summed E-state index contributed by atoms with van der Waals surface area (Å²) in [6, 6.07) is 6.97. The van der Waals surface area contributed by atoms with Crippen LogP contribution in [0.4, 0.5) is 0 Å². The first kappa shape index (κ1) is 12.1. The molecule has 17 heavy (non-hydrogen) atoms. The van der Waals surface area contributed by atoms with Crippen molar-refractivity contribution in [3.05, 3.63) is 35.9 Å². The molecule has 1 aliphatic rings.